The van der Waals surface area contributed by atoms with E-state index in [1.165, 1.54) is 18.4 Å². The lowest BCUT2D eigenvalue weighted by molar-refractivity contribution is -0.0758. The maximum Gasteiger partial charge on any atom is 0.181 e. The van der Waals surface area contributed by atoms with Gasteiger partial charge in [0.05, 0.1) is 21.9 Å². The highest BCUT2D eigenvalue weighted by atomic mass is 32.2. The standard InChI is InChI=1S/C36H56O4S/c1-8-36(38)21-20-34(6)25(23-36)14-15-27-29-17-16-28(35(29,7)19-18-30(27)34)24(2)31(22-32(37)33(3,4)5)41(39,40)26-12-10-9-11-13-26/h9-14,24,27-32,37-38H,8,15-23H2,1-7H3/t24-,27-,28+,29-,30-,31?,32?,34-,35+,36-/m0/s1. The SMILES string of the molecule is CC[C@]1(O)CC[C@@]2(C)C(=CC[C@H]3[C@@H]4CC[C@H]([C@H](C)C(CC(O)C(C)(C)C)S(=O)(=O)c5ccccc5)[C@@]4(C)CC[C@@H]32)C1. The molecule has 2 unspecified atom stereocenters. The molecule has 5 heteroatoms. The summed E-state index contributed by atoms with van der Waals surface area (Å²) in [6.45, 7) is 15.3. The van der Waals surface area contributed by atoms with Gasteiger partial charge < -0.3 is 10.2 Å². The van der Waals surface area contributed by atoms with E-state index in [0.29, 0.717) is 28.6 Å². The smallest absolute Gasteiger partial charge is 0.181 e. The van der Waals surface area contributed by atoms with Crippen LogP contribution in [0.25, 0.3) is 0 Å². The largest absolute Gasteiger partial charge is 0.393 e. The third-order valence-corrected chi connectivity index (χ3v) is 15.5. The van der Waals surface area contributed by atoms with Crippen molar-refractivity contribution < 1.29 is 18.6 Å². The van der Waals surface area contributed by atoms with E-state index in [-0.39, 0.29) is 28.6 Å². The van der Waals surface area contributed by atoms with E-state index in [4.69, 9.17) is 0 Å². The molecule has 1 aromatic rings. The third kappa shape index (κ3) is 5.29. The first kappa shape index (κ1) is 31.3. The van der Waals surface area contributed by atoms with Gasteiger partial charge in [0.1, 0.15) is 0 Å². The van der Waals surface area contributed by atoms with Crippen LogP contribution in [0.4, 0.5) is 0 Å². The Hall–Kier alpha value is -1.17. The van der Waals surface area contributed by atoms with Crippen LogP contribution in [-0.2, 0) is 9.84 Å². The van der Waals surface area contributed by atoms with Gasteiger partial charge in [0.25, 0.3) is 0 Å². The van der Waals surface area contributed by atoms with E-state index in [2.05, 4.69) is 33.8 Å². The van der Waals surface area contributed by atoms with Gasteiger partial charge in [0.2, 0.25) is 0 Å². The number of allylic oxidation sites excluding steroid dienone is 1. The molecule has 4 aliphatic rings. The molecule has 4 nitrogen and oxygen atoms in total. The summed E-state index contributed by atoms with van der Waals surface area (Å²) in [7, 11) is -3.61. The quantitative estimate of drug-likeness (QED) is 0.319. The molecule has 41 heavy (non-hydrogen) atoms. The lowest BCUT2D eigenvalue weighted by Crippen LogP contribution is -2.53. The Labute approximate surface area is 250 Å². The van der Waals surface area contributed by atoms with Gasteiger partial charge in [-0.1, -0.05) is 78.3 Å². The molecule has 230 valence electrons. The fourth-order valence-corrected chi connectivity index (χ4v) is 12.2. The van der Waals surface area contributed by atoms with Crippen LogP contribution in [0.15, 0.2) is 46.9 Å². The summed E-state index contributed by atoms with van der Waals surface area (Å²) in [5.41, 5.74) is 0.886. The monoisotopic (exact) mass is 584 g/mol. The van der Waals surface area contributed by atoms with Gasteiger partial charge in [-0.05, 0) is 122 Å². The maximum absolute atomic E-state index is 14.2. The van der Waals surface area contributed by atoms with Gasteiger partial charge in [-0.3, -0.25) is 0 Å². The van der Waals surface area contributed by atoms with Gasteiger partial charge in [0.15, 0.2) is 9.84 Å². The molecule has 0 bridgehead atoms. The molecule has 4 aliphatic carbocycles. The maximum atomic E-state index is 14.2. The third-order valence-electron chi connectivity index (χ3n) is 13.1. The van der Waals surface area contributed by atoms with Gasteiger partial charge >= 0.3 is 0 Å². The van der Waals surface area contributed by atoms with Crippen LogP contribution in [0, 0.1) is 45.8 Å². The molecule has 3 saturated carbocycles. The Kier molecular flexibility index (Phi) is 8.21. The van der Waals surface area contributed by atoms with Crippen LogP contribution < -0.4 is 0 Å². The number of aliphatic hydroxyl groups is 2. The first-order valence-electron chi connectivity index (χ1n) is 16.5. The van der Waals surface area contributed by atoms with Gasteiger partial charge in [-0.2, -0.15) is 0 Å². The summed E-state index contributed by atoms with van der Waals surface area (Å²) in [5, 5.41) is 21.7. The Morgan fingerprint density at radius 3 is 2.32 bits per heavy atom. The lowest BCUT2D eigenvalue weighted by atomic mass is 9.46. The van der Waals surface area contributed by atoms with Crippen molar-refractivity contribution in [3.05, 3.63) is 42.0 Å². The summed E-state index contributed by atoms with van der Waals surface area (Å²) in [5.74, 6) is 2.17. The highest BCUT2D eigenvalue weighted by Gasteiger charge is 2.61. The lowest BCUT2D eigenvalue weighted by Gasteiger charge is -2.59. The van der Waals surface area contributed by atoms with Crippen LogP contribution >= 0.6 is 0 Å². The Bertz CT molecular complexity index is 1230. The summed E-state index contributed by atoms with van der Waals surface area (Å²) in [6, 6.07) is 8.92. The first-order valence-corrected chi connectivity index (χ1v) is 18.0. The molecule has 3 fully saturated rings. The van der Waals surface area contributed by atoms with Crippen molar-refractivity contribution in [1.29, 1.82) is 0 Å². The Morgan fingerprint density at radius 2 is 1.68 bits per heavy atom. The molecular weight excluding hydrogens is 528 g/mol. The van der Waals surface area contributed by atoms with Crippen LogP contribution in [0.5, 0.6) is 0 Å². The fraction of sp³-hybridized carbons (Fsp3) is 0.778. The minimum Gasteiger partial charge on any atom is -0.393 e. The summed E-state index contributed by atoms with van der Waals surface area (Å²) in [6.07, 6.45) is 11.4. The van der Waals surface area contributed by atoms with Crippen LogP contribution in [0.3, 0.4) is 0 Å². The molecule has 0 radical (unpaired) electrons. The number of sulfone groups is 1. The Morgan fingerprint density at radius 1 is 1.00 bits per heavy atom. The van der Waals surface area contributed by atoms with Crippen LogP contribution in [0.1, 0.15) is 113 Å². The molecule has 1 aromatic carbocycles. The topological polar surface area (TPSA) is 74.6 Å². The second-order valence-corrected chi connectivity index (χ2v) is 18.3. The molecule has 0 aliphatic heterocycles. The second-order valence-electron chi connectivity index (χ2n) is 16.1. The van der Waals surface area contributed by atoms with E-state index >= 15 is 0 Å². The zero-order chi connectivity index (χ0) is 30.0. The summed E-state index contributed by atoms with van der Waals surface area (Å²) < 4.78 is 28.4. The van der Waals surface area contributed by atoms with Gasteiger partial charge in [0, 0.05) is 0 Å². The average molecular weight is 585 g/mol. The zero-order valence-electron chi connectivity index (χ0n) is 26.7. The first-order chi connectivity index (χ1) is 19.1. The molecule has 0 spiro atoms. The molecule has 2 N–H and O–H groups in total. The van der Waals surface area contributed by atoms with E-state index in [1.54, 1.807) is 24.3 Å². The molecule has 0 saturated heterocycles. The molecule has 0 heterocycles. The average Bonchev–Trinajstić information content (AvgIpc) is 3.28. The normalized spacial score (nSPS) is 39.6. The van der Waals surface area contributed by atoms with Crippen LogP contribution in [0.2, 0.25) is 0 Å². The molecule has 0 aromatic heterocycles. The predicted octanol–water partition coefficient (Wildman–Crippen LogP) is 7.98. The van der Waals surface area contributed by atoms with E-state index < -0.39 is 26.8 Å². The fourth-order valence-electron chi connectivity index (χ4n) is 10.2. The Balaban J connectivity index is 1.44. The van der Waals surface area contributed by atoms with E-state index in [0.717, 1.165) is 44.9 Å². The van der Waals surface area contributed by atoms with Crippen molar-refractivity contribution >= 4 is 9.84 Å². The van der Waals surface area contributed by atoms with Crippen molar-refractivity contribution in [2.24, 2.45) is 45.8 Å². The second kappa shape index (κ2) is 10.8. The van der Waals surface area contributed by atoms with Crippen molar-refractivity contribution in [2.45, 2.75) is 135 Å². The molecular formula is C36H56O4S. The minimum atomic E-state index is -3.61. The van der Waals surface area contributed by atoms with E-state index in [9.17, 15) is 18.6 Å². The van der Waals surface area contributed by atoms with E-state index in [1.807, 2.05) is 26.8 Å². The number of fused-ring (bicyclic) bond motifs is 5. The number of hydrogen-bond acceptors (Lipinski definition) is 4. The van der Waals surface area contributed by atoms with Gasteiger partial charge in [-0.25, -0.2) is 8.42 Å². The predicted molar refractivity (Wildman–Crippen MR) is 167 cm³/mol. The molecule has 10 atom stereocenters. The minimum absolute atomic E-state index is 0.0386. The zero-order valence-corrected chi connectivity index (χ0v) is 27.5. The number of rotatable bonds is 7. The number of aliphatic hydroxyl groups excluding tert-OH is 1. The molecule has 0 amide bonds. The van der Waals surface area contributed by atoms with Crippen LogP contribution in [-0.4, -0.2) is 35.6 Å². The highest BCUT2D eigenvalue weighted by Crippen LogP contribution is 2.68. The van der Waals surface area contributed by atoms with Gasteiger partial charge in [-0.15, -0.1) is 0 Å². The number of hydrogen-bond donors (Lipinski definition) is 2. The molecule has 5 rings (SSSR count). The van der Waals surface area contributed by atoms with Crippen molar-refractivity contribution in [2.75, 3.05) is 0 Å². The van der Waals surface area contributed by atoms with Crippen molar-refractivity contribution in [3.8, 4) is 0 Å². The van der Waals surface area contributed by atoms with Crippen molar-refractivity contribution in [3.63, 3.8) is 0 Å². The van der Waals surface area contributed by atoms with Crippen molar-refractivity contribution in [1.82, 2.24) is 0 Å². The highest BCUT2D eigenvalue weighted by molar-refractivity contribution is 7.92. The summed E-state index contributed by atoms with van der Waals surface area (Å²) in [4.78, 5) is 0.378. The number of benzene rings is 1. The summed E-state index contributed by atoms with van der Waals surface area (Å²) >= 11 is 0.